The maximum atomic E-state index is 12.8. The summed E-state index contributed by atoms with van der Waals surface area (Å²) in [6, 6.07) is 13.6. The van der Waals surface area contributed by atoms with Crippen LogP contribution in [0.2, 0.25) is 5.02 Å². The standard InChI is InChI=1S/C24H26ClN3O2/c1-15(2)19-5-3-4-6-22(19)27-24(30)17-11-23(29)28(14-17)10-9-16-13-26-21-8-7-18(25)12-20(16)21/h3-8,12-13,15,17,26H,9-11,14H2,1-2H3,(H,27,30)/t17-/m0/s1. The van der Waals surface area contributed by atoms with Crippen LogP contribution < -0.4 is 5.32 Å². The first kappa shape index (κ1) is 20.5. The summed E-state index contributed by atoms with van der Waals surface area (Å²) in [5.74, 6) is -0.0639. The van der Waals surface area contributed by atoms with Gasteiger partial charge in [0.1, 0.15) is 0 Å². The SMILES string of the molecule is CC(C)c1ccccc1NC(=O)[C@H]1CC(=O)N(CCc2c[nH]c3ccc(Cl)cc23)C1. The van der Waals surface area contributed by atoms with Gasteiger partial charge in [-0.2, -0.15) is 0 Å². The lowest BCUT2D eigenvalue weighted by molar-refractivity contribution is -0.128. The van der Waals surface area contributed by atoms with E-state index in [1.54, 1.807) is 4.90 Å². The van der Waals surface area contributed by atoms with Crippen LogP contribution in [0.25, 0.3) is 10.9 Å². The van der Waals surface area contributed by atoms with Gasteiger partial charge in [0.25, 0.3) is 0 Å². The van der Waals surface area contributed by atoms with Crippen LogP contribution in [0.1, 0.15) is 37.3 Å². The minimum atomic E-state index is -0.324. The van der Waals surface area contributed by atoms with E-state index in [0.717, 1.165) is 34.1 Å². The number of anilines is 1. The molecule has 156 valence electrons. The van der Waals surface area contributed by atoms with Gasteiger partial charge in [-0.05, 0) is 47.7 Å². The molecule has 0 bridgehead atoms. The van der Waals surface area contributed by atoms with Crippen molar-refractivity contribution in [3.05, 3.63) is 64.8 Å². The first-order chi connectivity index (χ1) is 14.4. The summed E-state index contributed by atoms with van der Waals surface area (Å²) in [6.45, 7) is 5.25. The Kier molecular flexibility index (Phi) is 5.82. The smallest absolute Gasteiger partial charge is 0.229 e. The molecule has 0 spiro atoms. The molecule has 0 unspecified atom stereocenters. The third-order valence-electron chi connectivity index (χ3n) is 5.81. The predicted octanol–water partition coefficient (Wildman–Crippen LogP) is 4.97. The second-order valence-electron chi connectivity index (χ2n) is 8.23. The van der Waals surface area contributed by atoms with E-state index in [9.17, 15) is 9.59 Å². The van der Waals surface area contributed by atoms with Crippen molar-refractivity contribution in [2.45, 2.75) is 32.6 Å². The summed E-state index contributed by atoms with van der Waals surface area (Å²) in [4.78, 5) is 30.4. The van der Waals surface area contributed by atoms with Gasteiger partial charge in [0, 0.05) is 47.3 Å². The van der Waals surface area contributed by atoms with Crippen LogP contribution in [0.3, 0.4) is 0 Å². The average Bonchev–Trinajstić information content (AvgIpc) is 3.29. The van der Waals surface area contributed by atoms with Crippen molar-refractivity contribution in [2.75, 3.05) is 18.4 Å². The predicted molar refractivity (Wildman–Crippen MR) is 121 cm³/mol. The molecule has 2 N–H and O–H groups in total. The molecule has 3 aromatic rings. The number of nitrogens with zero attached hydrogens (tertiary/aromatic N) is 1. The lowest BCUT2D eigenvalue weighted by Crippen LogP contribution is -2.30. The number of para-hydroxylation sites is 1. The molecule has 30 heavy (non-hydrogen) atoms. The fraction of sp³-hybridized carbons (Fsp3) is 0.333. The molecule has 0 saturated carbocycles. The fourth-order valence-corrected chi connectivity index (χ4v) is 4.30. The zero-order valence-electron chi connectivity index (χ0n) is 17.2. The Morgan fingerprint density at radius 1 is 1.27 bits per heavy atom. The van der Waals surface area contributed by atoms with Crippen molar-refractivity contribution in [3.8, 4) is 0 Å². The number of nitrogens with one attached hydrogen (secondary N) is 2. The van der Waals surface area contributed by atoms with Gasteiger partial charge in [-0.25, -0.2) is 0 Å². The largest absolute Gasteiger partial charge is 0.361 e. The Morgan fingerprint density at radius 3 is 2.87 bits per heavy atom. The van der Waals surface area contributed by atoms with Gasteiger partial charge < -0.3 is 15.2 Å². The lowest BCUT2D eigenvalue weighted by Gasteiger charge is -2.18. The van der Waals surface area contributed by atoms with E-state index >= 15 is 0 Å². The molecule has 1 aliphatic rings. The Morgan fingerprint density at radius 2 is 2.07 bits per heavy atom. The summed E-state index contributed by atoms with van der Waals surface area (Å²) in [6.07, 6.45) is 2.95. The zero-order chi connectivity index (χ0) is 21.3. The monoisotopic (exact) mass is 423 g/mol. The molecule has 0 aliphatic carbocycles. The van der Waals surface area contributed by atoms with Gasteiger partial charge in [0.2, 0.25) is 11.8 Å². The second-order valence-corrected chi connectivity index (χ2v) is 8.66. The van der Waals surface area contributed by atoms with Gasteiger partial charge in [-0.15, -0.1) is 0 Å². The summed E-state index contributed by atoms with van der Waals surface area (Å²) in [5.41, 5.74) is 4.09. The van der Waals surface area contributed by atoms with E-state index in [1.165, 1.54) is 0 Å². The number of carbonyl (C=O) groups excluding carboxylic acids is 2. The molecule has 2 amide bonds. The van der Waals surface area contributed by atoms with Crippen LogP contribution in [0, 0.1) is 5.92 Å². The van der Waals surface area contributed by atoms with E-state index < -0.39 is 0 Å². The van der Waals surface area contributed by atoms with Crippen molar-refractivity contribution in [1.82, 2.24) is 9.88 Å². The lowest BCUT2D eigenvalue weighted by atomic mass is 10.0. The minimum absolute atomic E-state index is 0.0326. The van der Waals surface area contributed by atoms with Crippen molar-refractivity contribution in [2.24, 2.45) is 5.92 Å². The molecule has 1 fully saturated rings. The Hall–Kier alpha value is -2.79. The van der Waals surface area contributed by atoms with Crippen LogP contribution in [0.15, 0.2) is 48.7 Å². The summed E-state index contributed by atoms with van der Waals surface area (Å²) in [5, 5.41) is 4.81. The number of amides is 2. The highest BCUT2D eigenvalue weighted by molar-refractivity contribution is 6.31. The molecule has 0 radical (unpaired) electrons. The summed E-state index contributed by atoms with van der Waals surface area (Å²) < 4.78 is 0. The second kappa shape index (κ2) is 8.52. The number of fused-ring (bicyclic) bond motifs is 1. The number of H-pyrrole nitrogens is 1. The summed E-state index contributed by atoms with van der Waals surface area (Å²) in [7, 11) is 0. The van der Waals surface area contributed by atoms with Gasteiger partial charge in [0.15, 0.2) is 0 Å². The molecule has 1 saturated heterocycles. The van der Waals surface area contributed by atoms with E-state index in [1.807, 2.05) is 48.7 Å². The highest BCUT2D eigenvalue weighted by Crippen LogP contribution is 2.27. The Labute approximate surface area is 181 Å². The van der Waals surface area contributed by atoms with Crippen LogP contribution in [-0.4, -0.2) is 34.8 Å². The van der Waals surface area contributed by atoms with E-state index in [0.29, 0.717) is 24.0 Å². The van der Waals surface area contributed by atoms with Gasteiger partial charge in [-0.1, -0.05) is 43.6 Å². The molecular weight excluding hydrogens is 398 g/mol. The quantitative estimate of drug-likeness (QED) is 0.587. The van der Waals surface area contributed by atoms with Crippen molar-refractivity contribution < 1.29 is 9.59 Å². The molecule has 2 aromatic carbocycles. The third-order valence-corrected chi connectivity index (χ3v) is 6.04. The molecular formula is C24H26ClN3O2. The van der Waals surface area contributed by atoms with Gasteiger partial charge in [-0.3, -0.25) is 9.59 Å². The maximum Gasteiger partial charge on any atom is 0.229 e. The Bertz CT molecular complexity index is 1090. The Balaban J connectivity index is 1.39. The molecule has 4 rings (SSSR count). The van der Waals surface area contributed by atoms with Crippen molar-refractivity contribution in [3.63, 3.8) is 0 Å². The normalized spacial score (nSPS) is 16.6. The first-order valence-electron chi connectivity index (χ1n) is 10.4. The maximum absolute atomic E-state index is 12.8. The van der Waals surface area contributed by atoms with E-state index in [-0.39, 0.29) is 24.2 Å². The van der Waals surface area contributed by atoms with Gasteiger partial charge >= 0.3 is 0 Å². The van der Waals surface area contributed by atoms with Crippen LogP contribution >= 0.6 is 11.6 Å². The number of benzene rings is 2. The third kappa shape index (κ3) is 4.21. The molecule has 1 aromatic heterocycles. The molecule has 6 heteroatoms. The van der Waals surface area contributed by atoms with E-state index in [2.05, 4.69) is 24.1 Å². The number of hydrogen-bond donors (Lipinski definition) is 2. The summed E-state index contributed by atoms with van der Waals surface area (Å²) >= 11 is 6.13. The number of hydrogen-bond acceptors (Lipinski definition) is 2. The van der Waals surface area contributed by atoms with Crippen molar-refractivity contribution >= 4 is 40.0 Å². The minimum Gasteiger partial charge on any atom is -0.361 e. The number of aromatic amines is 1. The molecule has 5 nitrogen and oxygen atoms in total. The van der Waals surface area contributed by atoms with Crippen molar-refractivity contribution in [1.29, 1.82) is 0 Å². The molecule has 1 atom stereocenters. The fourth-order valence-electron chi connectivity index (χ4n) is 4.13. The van der Waals surface area contributed by atoms with E-state index in [4.69, 9.17) is 11.6 Å². The number of aromatic nitrogens is 1. The number of likely N-dealkylation sites (tertiary alicyclic amines) is 1. The zero-order valence-corrected chi connectivity index (χ0v) is 18.0. The number of rotatable bonds is 6. The van der Waals surface area contributed by atoms with Gasteiger partial charge in [0.05, 0.1) is 5.92 Å². The van der Waals surface area contributed by atoms with Crippen LogP contribution in [0.4, 0.5) is 5.69 Å². The number of halogens is 1. The first-order valence-corrected chi connectivity index (χ1v) is 10.7. The molecule has 2 heterocycles. The number of carbonyl (C=O) groups is 2. The topological polar surface area (TPSA) is 65.2 Å². The highest BCUT2D eigenvalue weighted by Gasteiger charge is 2.34. The van der Waals surface area contributed by atoms with Crippen LogP contribution in [-0.2, 0) is 16.0 Å². The molecule has 1 aliphatic heterocycles. The highest BCUT2D eigenvalue weighted by atomic mass is 35.5. The van der Waals surface area contributed by atoms with Crippen LogP contribution in [0.5, 0.6) is 0 Å². The average molecular weight is 424 g/mol.